The highest BCUT2D eigenvalue weighted by molar-refractivity contribution is 7.89. The highest BCUT2D eigenvalue weighted by Gasteiger charge is 2.26. The summed E-state index contributed by atoms with van der Waals surface area (Å²) in [6.45, 7) is 2.25. The minimum atomic E-state index is -3.92. The van der Waals surface area contributed by atoms with E-state index in [1.54, 1.807) is 12.1 Å². The van der Waals surface area contributed by atoms with Gasteiger partial charge in [-0.2, -0.15) is 4.72 Å². The summed E-state index contributed by atoms with van der Waals surface area (Å²) < 4.78 is 34.2. The van der Waals surface area contributed by atoms with Crippen LogP contribution < -0.4 is 10.0 Å². The first-order chi connectivity index (χ1) is 15.8. The van der Waals surface area contributed by atoms with Crippen molar-refractivity contribution in [3.05, 3.63) is 77.6 Å². The maximum Gasteiger partial charge on any atom is 0.360 e. The predicted molar refractivity (Wildman–Crippen MR) is 120 cm³/mol. The first-order valence-electron chi connectivity index (χ1n) is 10.2. The Labute approximate surface area is 192 Å². The molecule has 1 aromatic heterocycles. The molecule has 0 fully saturated rings. The van der Waals surface area contributed by atoms with Crippen LogP contribution >= 0.6 is 0 Å². The van der Waals surface area contributed by atoms with Crippen LogP contribution in [-0.2, 0) is 32.5 Å². The van der Waals surface area contributed by atoms with Gasteiger partial charge in [0.2, 0.25) is 15.9 Å². The van der Waals surface area contributed by atoms with Crippen molar-refractivity contribution in [1.82, 2.24) is 25.0 Å². The van der Waals surface area contributed by atoms with Crippen molar-refractivity contribution in [3.8, 4) is 0 Å². The van der Waals surface area contributed by atoms with Crippen LogP contribution in [0.25, 0.3) is 0 Å². The second-order valence-electron chi connectivity index (χ2n) is 7.33. The molecule has 0 spiro atoms. The molecule has 2 aromatic carbocycles. The minimum Gasteiger partial charge on any atom is -0.464 e. The van der Waals surface area contributed by atoms with Gasteiger partial charge in [-0.05, 0) is 31.0 Å². The van der Waals surface area contributed by atoms with Gasteiger partial charge in [0.1, 0.15) is 6.04 Å². The molecule has 10 nitrogen and oxygen atoms in total. The smallest absolute Gasteiger partial charge is 0.360 e. The second kappa shape index (κ2) is 10.8. The van der Waals surface area contributed by atoms with Gasteiger partial charge in [-0.15, -0.1) is 5.10 Å². The standard InChI is InChI=1S/C22H25N5O5S/c1-16-8-10-18(11-9-16)33(30,31)25-19(14-17-6-4-3-5-7-17)21(28)23-12-13-27-15-20(24-26-27)22(29)32-2/h3-11,15,19,25H,12-14H2,1-2H3,(H,23,28)/t19-/m0/s1. The Hall–Kier alpha value is -3.57. The van der Waals surface area contributed by atoms with E-state index < -0.39 is 27.9 Å². The maximum atomic E-state index is 12.9. The average Bonchev–Trinajstić information content (AvgIpc) is 3.28. The summed E-state index contributed by atoms with van der Waals surface area (Å²) in [6.07, 6.45) is 1.58. The van der Waals surface area contributed by atoms with Crippen molar-refractivity contribution >= 4 is 21.9 Å². The Kier molecular flexibility index (Phi) is 7.91. The van der Waals surface area contributed by atoms with Crippen LogP contribution in [0.3, 0.4) is 0 Å². The molecule has 0 aliphatic rings. The molecule has 0 aliphatic carbocycles. The number of aryl methyl sites for hydroxylation is 1. The monoisotopic (exact) mass is 471 g/mol. The zero-order valence-corrected chi connectivity index (χ0v) is 19.1. The molecular weight excluding hydrogens is 446 g/mol. The van der Waals surface area contributed by atoms with Crippen molar-refractivity contribution in [2.75, 3.05) is 13.7 Å². The number of benzene rings is 2. The van der Waals surface area contributed by atoms with E-state index in [0.29, 0.717) is 0 Å². The zero-order chi connectivity index (χ0) is 23.8. The molecule has 0 bridgehead atoms. The van der Waals surface area contributed by atoms with E-state index in [1.807, 2.05) is 37.3 Å². The SMILES string of the molecule is COC(=O)c1cn(CCNC(=O)[C@H](Cc2ccccc2)NS(=O)(=O)c2ccc(C)cc2)nn1. The molecule has 0 saturated carbocycles. The lowest BCUT2D eigenvalue weighted by Gasteiger charge is -2.19. The summed E-state index contributed by atoms with van der Waals surface area (Å²) in [4.78, 5) is 24.5. The van der Waals surface area contributed by atoms with Crippen LogP contribution in [0.2, 0.25) is 0 Å². The van der Waals surface area contributed by atoms with Gasteiger partial charge in [0.05, 0.1) is 24.7 Å². The maximum absolute atomic E-state index is 12.9. The third-order valence-corrected chi connectivity index (χ3v) is 6.29. The number of nitrogens with one attached hydrogen (secondary N) is 2. The second-order valence-corrected chi connectivity index (χ2v) is 9.04. The van der Waals surface area contributed by atoms with Gasteiger partial charge in [0.25, 0.3) is 0 Å². The zero-order valence-electron chi connectivity index (χ0n) is 18.3. The highest BCUT2D eigenvalue weighted by Crippen LogP contribution is 2.12. The van der Waals surface area contributed by atoms with Gasteiger partial charge < -0.3 is 10.1 Å². The summed E-state index contributed by atoms with van der Waals surface area (Å²) in [6, 6.07) is 14.5. The van der Waals surface area contributed by atoms with E-state index in [1.165, 1.54) is 30.1 Å². The Morgan fingerprint density at radius 2 is 1.79 bits per heavy atom. The molecule has 33 heavy (non-hydrogen) atoms. The van der Waals surface area contributed by atoms with Gasteiger partial charge in [-0.1, -0.05) is 53.2 Å². The molecule has 0 radical (unpaired) electrons. The van der Waals surface area contributed by atoms with Crippen LogP contribution in [0.15, 0.2) is 65.7 Å². The molecular formula is C22H25N5O5S. The van der Waals surface area contributed by atoms with E-state index in [9.17, 15) is 18.0 Å². The van der Waals surface area contributed by atoms with Gasteiger partial charge >= 0.3 is 5.97 Å². The third-order valence-electron chi connectivity index (χ3n) is 4.80. The number of carbonyl (C=O) groups is 2. The molecule has 11 heteroatoms. The van der Waals surface area contributed by atoms with Crippen LogP contribution in [0.5, 0.6) is 0 Å². The van der Waals surface area contributed by atoms with Crippen molar-refractivity contribution in [2.45, 2.75) is 30.8 Å². The normalized spacial score (nSPS) is 12.2. The number of nitrogens with zero attached hydrogens (tertiary/aromatic N) is 3. The number of carbonyl (C=O) groups excluding carboxylic acids is 2. The number of ether oxygens (including phenoxy) is 1. The van der Waals surface area contributed by atoms with Gasteiger partial charge in [-0.3, -0.25) is 4.79 Å². The fourth-order valence-corrected chi connectivity index (χ4v) is 4.23. The fourth-order valence-electron chi connectivity index (χ4n) is 3.03. The average molecular weight is 472 g/mol. The van der Waals surface area contributed by atoms with Crippen molar-refractivity contribution in [3.63, 3.8) is 0 Å². The Morgan fingerprint density at radius 3 is 2.45 bits per heavy atom. The van der Waals surface area contributed by atoms with Crippen molar-refractivity contribution < 1.29 is 22.7 Å². The van der Waals surface area contributed by atoms with Gasteiger partial charge in [0, 0.05) is 6.54 Å². The number of methoxy groups -OCH3 is 1. The van der Waals surface area contributed by atoms with E-state index in [0.717, 1.165) is 11.1 Å². The quantitative estimate of drug-likeness (QED) is 0.423. The third kappa shape index (κ3) is 6.70. The number of hydrogen-bond donors (Lipinski definition) is 2. The molecule has 1 heterocycles. The number of rotatable bonds is 10. The van der Waals surface area contributed by atoms with Crippen molar-refractivity contribution in [1.29, 1.82) is 0 Å². The predicted octanol–water partition coefficient (Wildman–Crippen LogP) is 1.08. The summed E-state index contributed by atoms with van der Waals surface area (Å²) >= 11 is 0. The largest absolute Gasteiger partial charge is 0.464 e. The molecule has 174 valence electrons. The van der Waals surface area contributed by atoms with Gasteiger partial charge in [0.15, 0.2) is 5.69 Å². The lowest BCUT2D eigenvalue weighted by Crippen LogP contribution is -2.48. The molecule has 1 amide bonds. The molecule has 0 aliphatic heterocycles. The Bertz CT molecular complexity index is 1190. The van der Waals surface area contributed by atoms with Crippen LogP contribution in [0, 0.1) is 6.92 Å². The molecule has 0 unspecified atom stereocenters. The van der Waals surface area contributed by atoms with E-state index >= 15 is 0 Å². The van der Waals surface area contributed by atoms with E-state index in [4.69, 9.17) is 0 Å². The number of esters is 1. The highest BCUT2D eigenvalue weighted by atomic mass is 32.2. The number of hydrogen-bond acceptors (Lipinski definition) is 7. The van der Waals surface area contributed by atoms with E-state index in [2.05, 4.69) is 25.1 Å². The molecule has 0 saturated heterocycles. The number of aromatic nitrogens is 3. The summed E-state index contributed by atoms with van der Waals surface area (Å²) in [5.41, 5.74) is 1.79. The molecule has 1 atom stereocenters. The number of sulfonamides is 1. The first kappa shape index (κ1) is 24.1. The van der Waals surface area contributed by atoms with Crippen LogP contribution in [0.4, 0.5) is 0 Å². The Morgan fingerprint density at radius 1 is 1.09 bits per heavy atom. The first-order valence-corrected chi connectivity index (χ1v) is 11.7. The fraction of sp³-hybridized carbons (Fsp3) is 0.273. The molecule has 3 rings (SSSR count). The lowest BCUT2D eigenvalue weighted by atomic mass is 10.1. The summed E-state index contributed by atoms with van der Waals surface area (Å²) in [7, 11) is -2.68. The number of amides is 1. The van der Waals surface area contributed by atoms with E-state index in [-0.39, 0.29) is 30.1 Å². The minimum absolute atomic E-state index is 0.0524. The van der Waals surface area contributed by atoms with Crippen LogP contribution in [0.1, 0.15) is 21.6 Å². The van der Waals surface area contributed by atoms with Crippen molar-refractivity contribution in [2.24, 2.45) is 0 Å². The van der Waals surface area contributed by atoms with Crippen LogP contribution in [-0.4, -0.2) is 55.0 Å². The summed E-state index contributed by atoms with van der Waals surface area (Å²) in [5, 5.41) is 10.2. The summed E-state index contributed by atoms with van der Waals surface area (Å²) in [5.74, 6) is -1.10. The Balaban J connectivity index is 1.69. The topological polar surface area (TPSA) is 132 Å². The molecule has 3 aromatic rings. The molecule has 2 N–H and O–H groups in total. The lowest BCUT2D eigenvalue weighted by molar-refractivity contribution is -0.122. The van der Waals surface area contributed by atoms with Gasteiger partial charge in [-0.25, -0.2) is 17.9 Å².